The number of carboxylic acids is 1. The van der Waals surface area contributed by atoms with Crippen LogP contribution in [0.1, 0.15) is 22.3 Å². The minimum absolute atomic E-state index is 0.0772. The molecule has 0 radical (unpaired) electrons. The molecule has 3 N–H and O–H groups in total. The summed E-state index contributed by atoms with van der Waals surface area (Å²) < 4.78 is 14.6. The summed E-state index contributed by atoms with van der Waals surface area (Å²) in [5.41, 5.74) is 0.0415. The van der Waals surface area contributed by atoms with Gasteiger partial charge in [-0.3, -0.25) is 9.78 Å². The van der Waals surface area contributed by atoms with Gasteiger partial charge in [0.15, 0.2) is 11.6 Å². The SMILES string of the molecule is O=C(O)c1c[nH]c2nc(N3CCC(NCc4cccnc4)C3)c(F)cc2c1=O. The summed E-state index contributed by atoms with van der Waals surface area (Å²) in [5.74, 6) is -1.86. The topological polar surface area (TPSA) is 111 Å². The van der Waals surface area contributed by atoms with Gasteiger partial charge in [-0.05, 0) is 24.1 Å². The smallest absolute Gasteiger partial charge is 0.341 e. The van der Waals surface area contributed by atoms with Gasteiger partial charge in [0, 0.05) is 44.3 Å². The van der Waals surface area contributed by atoms with Crippen molar-refractivity contribution in [1.29, 1.82) is 0 Å². The van der Waals surface area contributed by atoms with Gasteiger partial charge < -0.3 is 20.3 Å². The van der Waals surface area contributed by atoms with E-state index in [1.165, 1.54) is 0 Å². The van der Waals surface area contributed by atoms with Gasteiger partial charge >= 0.3 is 5.97 Å². The maximum atomic E-state index is 14.6. The van der Waals surface area contributed by atoms with E-state index in [9.17, 15) is 14.0 Å². The number of aromatic nitrogens is 3. The molecule has 28 heavy (non-hydrogen) atoms. The summed E-state index contributed by atoms with van der Waals surface area (Å²) >= 11 is 0. The number of carboxylic acid groups (broad SMARTS) is 1. The molecule has 4 rings (SSSR count). The fraction of sp³-hybridized carbons (Fsp3) is 0.263. The molecular formula is C19H18FN5O3. The number of anilines is 1. The maximum Gasteiger partial charge on any atom is 0.341 e. The molecule has 0 spiro atoms. The second-order valence-corrected chi connectivity index (χ2v) is 6.70. The number of nitrogens with zero attached hydrogens (tertiary/aromatic N) is 3. The van der Waals surface area contributed by atoms with Crippen LogP contribution in [0.2, 0.25) is 0 Å². The van der Waals surface area contributed by atoms with Gasteiger partial charge in [-0.2, -0.15) is 0 Å². The minimum Gasteiger partial charge on any atom is -0.477 e. The monoisotopic (exact) mass is 383 g/mol. The maximum absolute atomic E-state index is 14.6. The Morgan fingerprint density at radius 1 is 1.46 bits per heavy atom. The van der Waals surface area contributed by atoms with E-state index in [2.05, 4.69) is 20.3 Å². The van der Waals surface area contributed by atoms with Gasteiger partial charge in [-0.1, -0.05) is 6.07 Å². The Kier molecular flexibility index (Phi) is 4.74. The lowest BCUT2D eigenvalue weighted by Crippen LogP contribution is -2.32. The van der Waals surface area contributed by atoms with Crippen molar-refractivity contribution >= 4 is 22.8 Å². The number of nitrogens with one attached hydrogen (secondary N) is 2. The Hall–Kier alpha value is -3.33. The van der Waals surface area contributed by atoms with Crippen molar-refractivity contribution in [1.82, 2.24) is 20.3 Å². The highest BCUT2D eigenvalue weighted by atomic mass is 19.1. The first-order chi connectivity index (χ1) is 13.5. The van der Waals surface area contributed by atoms with Crippen molar-refractivity contribution in [2.75, 3.05) is 18.0 Å². The quantitative estimate of drug-likeness (QED) is 0.613. The number of H-pyrrole nitrogens is 1. The predicted octanol–water partition coefficient (Wildman–Crippen LogP) is 1.52. The molecule has 1 saturated heterocycles. The first-order valence-electron chi connectivity index (χ1n) is 8.85. The molecule has 0 amide bonds. The highest BCUT2D eigenvalue weighted by Gasteiger charge is 2.26. The molecule has 0 saturated carbocycles. The van der Waals surface area contributed by atoms with E-state index < -0.39 is 22.8 Å². The van der Waals surface area contributed by atoms with Crippen molar-refractivity contribution in [2.24, 2.45) is 0 Å². The van der Waals surface area contributed by atoms with E-state index in [0.29, 0.717) is 19.6 Å². The third-order valence-corrected chi connectivity index (χ3v) is 4.84. The number of hydrogen-bond donors (Lipinski definition) is 3. The van der Waals surface area contributed by atoms with Crippen LogP contribution in [0.3, 0.4) is 0 Å². The van der Waals surface area contributed by atoms with Crippen molar-refractivity contribution < 1.29 is 14.3 Å². The third kappa shape index (κ3) is 3.44. The van der Waals surface area contributed by atoms with E-state index in [1.54, 1.807) is 12.4 Å². The van der Waals surface area contributed by atoms with E-state index in [-0.39, 0.29) is 22.9 Å². The molecule has 1 aliphatic rings. The molecule has 0 bridgehead atoms. The van der Waals surface area contributed by atoms with Crippen molar-refractivity contribution in [2.45, 2.75) is 19.0 Å². The van der Waals surface area contributed by atoms with Crippen LogP contribution < -0.4 is 15.6 Å². The van der Waals surface area contributed by atoms with Crippen LogP contribution in [0.15, 0.2) is 41.6 Å². The number of carbonyl (C=O) groups is 1. The second kappa shape index (κ2) is 7.35. The summed E-state index contributed by atoms with van der Waals surface area (Å²) in [6.07, 6.45) is 5.43. The van der Waals surface area contributed by atoms with Gasteiger partial charge in [0.1, 0.15) is 11.2 Å². The number of aromatic amines is 1. The fourth-order valence-corrected chi connectivity index (χ4v) is 3.38. The Morgan fingerprint density at radius 3 is 3.07 bits per heavy atom. The van der Waals surface area contributed by atoms with Gasteiger partial charge in [0.25, 0.3) is 0 Å². The van der Waals surface area contributed by atoms with E-state index in [1.807, 2.05) is 17.0 Å². The predicted molar refractivity (Wildman–Crippen MR) is 101 cm³/mol. The first kappa shape index (κ1) is 18.1. The first-order valence-corrected chi connectivity index (χ1v) is 8.85. The van der Waals surface area contributed by atoms with Gasteiger partial charge in [-0.15, -0.1) is 0 Å². The molecule has 1 atom stereocenters. The lowest BCUT2D eigenvalue weighted by Gasteiger charge is -2.19. The standard InChI is InChI=1S/C19H18FN5O3/c20-15-6-13-16(26)14(19(27)28)9-23-17(13)24-18(15)25-5-3-12(10-25)22-8-11-2-1-4-21-7-11/h1-2,4,6-7,9,12,22H,3,5,8,10H2,(H,27,28)(H,23,24,26). The zero-order chi connectivity index (χ0) is 19.7. The highest BCUT2D eigenvalue weighted by molar-refractivity contribution is 5.91. The fourth-order valence-electron chi connectivity index (χ4n) is 3.38. The molecular weight excluding hydrogens is 365 g/mol. The van der Waals surface area contributed by atoms with Crippen molar-refractivity contribution in [3.63, 3.8) is 0 Å². The number of fused-ring (bicyclic) bond motifs is 1. The Balaban J connectivity index is 1.53. The minimum atomic E-state index is -1.37. The second-order valence-electron chi connectivity index (χ2n) is 6.70. The molecule has 3 aromatic rings. The molecule has 1 fully saturated rings. The molecule has 1 aliphatic heterocycles. The van der Waals surface area contributed by atoms with Crippen LogP contribution in [-0.4, -0.2) is 45.2 Å². The lowest BCUT2D eigenvalue weighted by molar-refractivity contribution is 0.0695. The number of hydrogen-bond acceptors (Lipinski definition) is 6. The van der Waals surface area contributed by atoms with Crippen LogP contribution in [0, 0.1) is 5.82 Å². The van der Waals surface area contributed by atoms with Crippen molar-refractivity contribution in [3.8, 4) is 0 Å². The highest BCUT2D eigenvalue weighted by Crippen LogP contribution is 2.24. The van der Waals surface area contributed by atoms with Crippen LogP contribution in [0.25, 0.3) is 11.0 Å². The van der Waals surface area contributed by atoms with E-state index in [0.717, 1.165) is 24.2 Å². The normalized spacial score (nSPS) is 16.6. The molecule has 9 heteroatoms. The number of halogens is 1. The average molecular weight is 383 g/mol. The number of pyridine rings is 3. The molecule has 0 aliphatic carbocycles. The average Bonchev–Trinajstić information content (AvgIpc) is 3.16. The van der Waals surface area contributed by atoms with Crippen LogP contribution >= 0.6 is 0 Å². The third-order valence-electron chi connectivity index (χ3n) is 4.84. The molecule has 0 aromatic carbocycles. The zero-order valence-corrected chi connectivity index (χ0v) is 14.9. The van der Waals surface area contributed by atoms with E-state index in [4.69, 9.17) is 5.11 Å². The summed E-state index contributed by atoms with van der Waals surface area (Å²) in [7, 11) is 0. The lowest BCUT2D eigenvalue weighted by atomic mass is 10.2. The Labute approximate surface area is 159 Å². The zero-order valence-electron chi connectivity index (χ0n) is 14.9. The molecule has 3 aromatic heterocycles. The summed E-state index contributed by atoms with van der Waals surface area (Å²) in [4.78, 5) is 36.1. The summed E-state index contributed by atoms with van der Waals surface area (Å²) in [6, 6.07) is 5.09. The summed E-state index contributed by atoms with van der Waals surface area (Å²) in [5, 5.41) is 12.4. The van der Waals surface area contributed by atoms with Crippen molar-refractivity contribution in [3.05, 3.63) is 64.0 Å². The molecule has 4 heterocycles. The summed E-state index contributed by atoms with van der Waals surface area (Å²) in [6.45, 7) is 1.87. The van der Waals surface area contributed by atoms with Crippen LogP contribution in [0.4, 0.5) is 10.2 Å². The number of rotatable bonds is 5. The molecule has 1 unspecified atom stereocenters. The van der Waals surface area contributed by atoms with E-state index >= 15 is 0 Å². The van der Waals surface area contributed by atoms with Gasteiger partial charge in [0.2, 0.25) is 5.43 Å². The molecule has 144 valence electrons. The Morgan fingerprint density at radius 2 is 2.32 bits per heavy atom. The number of aromatic carboxylic acids is 1. The Bertz CT molecular complexity index is 1090. The van der Waals surface area contributed by atoms with Gasteiger partial charge in [-0.25, -0.2) is 14.2 Å². The van der Waals surface area contributed by atoms with Crippen LogP contribution in [-0.2, 0) is 6.54 Å². The molecule has 8 nitrogen and oxygen atoms in total. The van der Waals surface area contributed by atoms with Crippen LogP contribution in [0.5, 0.6) is 0 Å². The van der Waals surface area contributed by atoms with Gasteiger partial charge in [0.05, 0.1) is 5.39 Å². The largest absolute Gasteiger partial charge is 0.477 e.